The van der Waals surface area contributed by atoms with E-state index in [1.807, 2.05) is 0 Å². The third kappa shape index (κ3) is 2.78. The van der Waals surface area contributed by atoms with Crippen LogP contribution in [0, 0.1) is 5.82 Å². The van der Waals surface area contributed by atoms with Crippen LogP contribution in [0.15, 0.2) is 29.1 Å². The van der Waals surface area contributed by atoms with Gasteiger partial charge in [-0.25, -0.2) is 4.39 Å². The maximum absolute atomic E-state index is 13.4. The zero-order valence-corrected chi connectivity index (χ0v) is 15.3. The molecule has 1 aromatic carbocycles. The number of fused-ring (bicyclic) bond motifs is 1. The van der Waals surface area contributed by atoms with Gasteiger partial charge in [0.2, 0.25) is 5.91 Å². The number of rotatable bonds is 3. The molecule has 2 saturated heterocycles. The number of pyridine rings is 1. The third-order valence-corrected chi connectivity index (χ3v) is 6.47. The van der Waals surface area contributed by atoms with Gasteiger partial charge in [0.1, 0.15) is 11.4 Å². The van der Waals surface area contributed by atoms with Crippen molar-refractivity contribution in [2.24, 2.45) is 0 Å². The summed E-state index contributed by atoms with van der Waals surface area (Å²) in [5.41, 5.74) is 0.842. The molecule has 2 aliphatic heterocycles. The summed E-state index contributed by atoms with van der Waals surface area (Å²) in [7, 11) is 0. The SMILES string of the molecule is O=C1N(C2CC2)CCCC12CCCN2Cc1cc(=O)c2cc(F)ccc2[nH]1. The van der Waals surface area contributed by atoms with Crippen molar-refractivity contribution < 1.29 is 9.18 Å². The summed E-state index contributed by atoms with van der Waals surface area (Å²) >= 11 is 0. The second kappa shape index (κ2) is 6.16. The lowest BCUT2D eigenvalue weighted by atomic mass is 9.85. The van der Waals surface area contributed by atoms with Crippen LogP contribution >= 0.6 is 0 Å². The maximum Gasteiger partial charge on any atom is 0.243 e. The average molecular weight is 369 g/mol. The highest BCUT2D eigenvalue weighted by Gasteiger charge is 2.53. The Hall–Kier alpha value is -2.21. The number of hydrogen-bond acceptors (Lipinski definition) is 3. The topological polar surface area (TPSA) is 56.4 Å². The largest absolute Gasteiger partial charge is 0.357 e. The highest BCUT2D eigenvalue weighted by molar-refractivity contribution is 5.88. The number of halogens is 1. The van der Waals surface area contributed by atoms with Crippen molar-refractivity contribution in [2.75, 3.05) is 13.1 Å². The van der Waals surface area contributed by atoms with Crippen LogP contribution in [0.3, 0.4) is 0 Å². The minimum absolute atomic E-state index is 0.180. The van der Waals surface area contributed by atoms with E-state index in [1.165, 1.54) is 12.1 Å². The van der Waals surface area contributed by atoms with E-state index in [-0.39, 0.29) is 5.43 Å². The Morgan fingerprint density at radius 1 is 1.11 bits per heavy atom. The lowest BCUT2D eigenvalue weighted by molar-refractivity contribution is -0.148. The molecule has 1 aliphatic carbocycles. The molecule has 1 unspecified atom stereocenters. The van der Waals surface area contributed by atoms with Gasteiger partial charge in [-0.2, -0.15) is 0 Å². The molecule has 6 heteroatoms. The minimum atomic E-state index is -0.410. The summed E-state index contributed by atoms with van der Waals surface area (Å²) in [6.07, 6.45) is 6.13. The Morgan fingerprint density at radius 3 is 2.67 bits per heavy atom. The molecule has 3 fully saturated rings. The number of H-pyrrole nitrogens is 1. The summed E-state index contributed by atoms with van der Waals surface area (Å²) in [4.78, 5) is 33.4. The Kier molecular flexibility index (Phi) is 3.86. The molecule has 1 N–H and O–H groups in total. The highest BCUT2D eigenvalue weighted by atomic mass is 19.1. The van der Waals surface area contributed by atoms with Crippen LogP contribution in [0.2, 0.25) is 0 Å². The van der Waals surface area contributed by atoms with Crippen molar-refractivity contribution in [3.8, 4) is 0 Å². The van der Waals surface area contributed by atoms with Gasteiger partial charge in [-0.05, 0) is 63.3 Å². The fraction of sp³-hybridized carbons (Fsp3) is 0.524. The fourth-order valence-electron chi connectivity index (χ4n) is 5.01. The Morgan fingerprint density at radius 2 is 1.89 bits per heavy atom. The monoisotopic (exact) mass is 369 g/mol. The molecule has 1 spiro atoms. The number of carbonyl (C=O) groups excluding carboxylic acids is 1. The first-order valence-electron chi connectivity index (χ1n) is 9.94. The lowest BCUT2D eigenvalue weighted by Crippen LogP contribution is -2.60. The van der Waals surface area contributed by atoms with Crippen LogP contribution in [0.4, 0.5) is 4.39 Å². The second-order valence-electron chi connectivity index (χ2n) is 8.24. The van der Waals surface area contributed by atoms with E-state index >= 15 is 0 Å². The van der Waals surface area contributed by atoms with Crippen LogP contribution in [-0.4, -0.2) is 45.4 Å². The number of benzene rings is 1. The first-order chi connectivity index (χ1) is 13.1. The van der Waals surface area contributed by atoms with Crippen molar-refractivity contribution in [3.05, 3.63) is 46.0 Å². The predicted octanol–water partition coefficient (Wildman–Crippen LogP) is 2.79. The molecule has 2 aromatic rings. The standard InChI is InChI=1S/C21H24FN3O2/c22-14-3-6-18-17(11-14)19(26)12-15(23-18)13-24-9-1-7-21(24)8-2-10-25(20(21)27)16-4-5-16/h3,6,11-12,16H,1-2,4-5,7-10,13H2,(H,23,26). The Bertz CT molecular complexity index is 968. The number of nitrogens with one attached hydrogen (secondary N) is 1. The predicted molar refractivity (Wildman–Crippen MR) is 101 cm³/mol. The Labute approximate surface area is 157 Å². The molecule has 27 heavy (non-hydrogen) atoms. The quantitative estimate of drug-likeness (QED) is 0.905. The summed E-state index contributed by atoms with van der Waals surface area (Å²) in [5, 5.41) is 0.364. The molecule has 5 nitrogen and oxygen atoms in total. The van der Waals surface area contributed by atoms with Crippen LogP contribution in [0.1, 0.15) is 44.2 Å². The smallest absolute Gasteiger partial charge is 0.243 e. The molecule has 1 saturated carbocycles. The van der Waals surface area contributed by atoms with E-state index in [0.717, 1.165) is 57.3 Å². The van der Waals surface area contributed by atoms with E-state index in [2.05, 4.69) is 14.8 Å². The molecule has 3 aliphatic rings. The number of aromatic nitrogens is 1. The number of likely N-dealkylation sites (tertiary alicyclic amines) is 2. The average Bonchev–Trinajstić information content (AvgIpc) is 3.41. The van der Waals surface area contributed by atoms with Gasteiger partial charge < -0.3 is 9.88 Å². The van der Waals surface area contributed by atoms with Crippen molar-refractivity contribution in [3.63, 3.8) is 0 Å². The number of nitrogens with zero attached hydrogens (tertiary/aromatic N) is 2. The molecule has 1 aromatic heterocycles. The number of aromatic amines is 1. The first-order valence-corrected chi connectivity index (χ1v) is 9.94. The summed E-state index contributed by atoms with van der Waals surface area (Å²) < 4.78 is 13.4. The zero-order chi connectivity index (χ0) is 18.6. The summed E-state index contributed by atoms with van der Waals surface area (Å²) in [6, 6.07) is 6.24. The van der Waals surface area contributed by atoms with E-state index in [4.69, 9.17) is 0 Å². The van der Waals surface area contributed by atoms with E-state index in [1.54, 1.807) is 12.1 Å². The first kappa shape index (κ1) is 16.9. The molecule has 5 rings (SSSR count). The van der Waals surface area contributed by atoms with E-state index in [0.29, 0.717) is 29.4 Å². The van der Waals surface area contributed by atoms with Gasteiger partial charge in [0.25, 0.3) is 0 Å². The maximum atomic E-state index is 13.4. The molecule has 142 valence electrons. The molecule has 1 amide bonds. The number of piperidine rings is 1. The van der Waals surface area contributed by atoms with Gasteiger partial charge in [0.15, 0.2) is 5.43 Å². The van der Waals surface area contributed by atoms with Crippen LogP contribution in [0.25, 0.3) is 10.9 Å². The Balaban J connectivity index is 1.46. The lowest BCUT2D eigenvalue weighted by Gasteiger charge is -2.45. The molecule has 0 bridgehead atoms. The van der Waals surface area contributed by atoms with Crippen LogP contribution in [0.5, 0.6) is 0 Å². The van der Waals surface area contributed by atoms with Crippen LogP contribution in [-0.2, 0) is 11.3 Å². The number of carbonyl (C=O) groups is 1. The van der Waals surface area contributed by atoms with Crippen molar-refractivity contribution in [1.82, 2.24) is 14.8 Å². The van der Waals surface area contributed by atoms with Gasteiger partial charge in [-0.1, -0.05) is 0 Å². The molecule has 3 heterocycles. The van der Waals surface area contributed by atoms with Gasteiger partial charge in [-0.3, -0.25) is 14.5 Å². The van der Waals surface area contributed by atoms with Crippen molar-refractivity contribution in [1.29, 1.82) is 0 Å². The fourth-order valence-corrected chi connectivity index (χ4v) is 5.01. The van der Waals surface area contributed by atoms with E-state index in [9.17, 15) is 14.0 Å². The van der Waals surface area contributed by atoms with Crippen LogP contribution < -0.4 is 5.43 Å². The van der Waals surface area contributed by atoms with Crippen molar-refractivity contribution >= 4 is 16.8 Å². The normalized spacial score (nSPS) is 26.4. The van der Waals surface area contributed by atoms with Gasteiger partial charge in [0, 0.05) is 41.8 Å². The second-order valence-corrected chi connectivity index (χ2v) is 8.24. The van der Waals surface area contributed by atoms with E-state index < -0.39 is 11.4 Å². The third-order valence-electron chi connectivity index (χ3n) is 6.47. The zero-order valence-electron chi connectivity index (χ0n) is 15.3. The van der Waals surface area contributed by atoms with Gasteiger partial charge in [0.05, 0.1) is 0 Å². The number of hydrogen-bond donors (Lipinski definition) is 1. The molecular formula is C21H24FN3O2. The van der Waals surface area contributed by atoms with Gasteiger partial charge >= 0.3 is 0 Å². The minimum Gasteiger partial charge on any atom is -0.357 e. The summed E-state index contributed by atoms with van der Waals surface area (Å²) in [5.74, 6) is -0.119. The number of amides is 1. The summed E-state index contributed by atoms with van der Waals surface area (Å²) in [6.45, 7) is 2.30. The highest BCUT2D eigenvalue weighted by Crippen LogP contribution is 2.42. The van der Waals surface area contributed by atoms with Gasteiger partial charge in [-0.15, -0.1) is 0 Å². The molecule has 1 atom stereocenters. The molecule has 0 radical (unpaired) electrons. The molecular weight excluding hydrogens is 345 g/mol. The van der Waals surface area contributed by atoms with Crippen molar-refractivity contribution in [2.45, 2.75) is 56.7 Å².